The molecule has 0 saturated carbocycles. The van der Waals surface area contributed by atoms with Crippen LogP contribution in [0.15, 0.2) is 124 Å². The van der Waals surface area contributed by atoms with Crippen molar-refractivity contribution in [1.82, 2.24) is 0 Å². The number of nitrogens with zero attached hydrogens (tertiary/aromatic N) is 10. The minimum absolute atomic E-state index is 0.00459. The molecule has 0 aliphatic rings. The number of benzene rings is 4. The van der Waals surface area contributed by atoms with Gasteiger partial charge in [-0.05, 0) is 28.1 Å². The van der Waals surface area contributed by atoms with Crippen LogP contribution in [0.1, 0.15) is 13.8 Å². The number of methoxy groups -OCH3 is 2. The predicted molar refractivity (Wildman–Crippen MR) is 260 cm³/mol. The molecule has 0 atom stereocenters. The summed E-state index contributed by atoms with van der Waals surface area (Å²) in [4.78, 5) is 69.1. The molecule has 2 amide bonds. The molecule has 0 spiro atoms. The lowest BCUT2D eigenvalue weighted by Gasteiger charge is -2.25. The van der Waals surface area contributed by atoms with Gasteiger partial charge in [-0.3, -0.25) is 50.0 Å². The average Bonchev–Trinajstić information content (AvgIpc) is 3.27. The summed E-state index contributed by atoms with van der Waals surface area (Å²) in [6.45, 7) is 19.4. The molecule has 24 nitrogen and oxygen atoms in total. The molecule has 26 heteroatoms. The van der Waals surface area contributed by atoms with Gasteiger partial charge in [0.2, 0.25) is 11.8 Å². The van der Waals surface area contributed by atoms with Crippen molar-refractivity contribution in [3.63, 3.8) is 0 Å². The lowest BCUT2D eigenvalue weighted by Crippen LogP contribution is -2.24. The standard InChI is InChI=1S/C21H21BrN6O6.C21H21ClN6O6/c2*1-5-7-26(8-6-2)18-11-16(23-13(3)29)17(12-20(18)34-4)24-25-21-15(22)9-14(27(30)31)10-19(21)28(32)33/h2*5-6,9-12H,1-2,7-8H2,3-4H3,(H,23,29). The summed E-state index contributed by atoms with van der Waals surface area (Å²) in [7, 11) is 2.89. The lowest BCUT2D eigenvalue weighted by atomic mass is 10.2. The van der Waals surface area contributed by atoms with Gasteiger partial charge in [0.1, 0.15) is 22.9 Å². The summed E-state index contributed by atoms with van der Waals surface area (Å²) in [6, 6.07) is 9.77. The third kappa shape index (κ3) is 14.3. The third-order valence-electron chi connectivity index (χ3n) is 8.68. The predicted octanol–water partition coefficient (Wildman–Crippen LogP) is 11.5. The van der Waals surface area contributed by atoms with Crippen molar-refractivity contribution in [2.75, 3.05) is 60.8 Å². The van der Waals surface area contributed by atoms with Crippen LogP contribution in [-0.2, 0) is 9.59 Å². The summed E-state index contributed by atoms with van der Waals surface area (Å²) in [5.41, 5.74) is -0.982. The van der Waals surface area contributed by atoms with Crippen LogP contribution in [0.3, 0.4) is 0 Å². The molecule has 4 aromatic carbocycles. The van der Waals surface area contributed by atoms with Crippen molar-refractivity contribution in [1.29, 1.82) is 0 Å². The lowest BCUT2D eigenvalue weighted by molar-refractivity contribution is -0.394. The maximum absolute atomic E-state index is 11.8. The van der Waals surface area contributed by atoms with E-state index in [2.05, 4.69) is 73.3 Å². The molecule has 0 fully saturated rings. The molecule has 0 heterocycles. The van der Waals surface area contributed by atoms with Gasteiger partial charge >= 0.3 is 11.4 Å². The van der Waals surface area contributed by atoms with E-state index in [4.69, 9.17) is 21.1 Å². The second-order valence-corrected chi connectivity index (χ2v) is 14.7. The highest BCUT2D eigenvalue weighted by Crippen LogP contribution is 2.45. The number of non-ortho nitro benzene ring substituents is 2. The summed E-state index contributed by atoms with van der Waals surface area (Å²) >= 11 is 9.10. The number of nitro groups is 4. The molecule has 0 radical (unpaired) electrons. The second-order valence-electron chi connectivity index (χ2n) is 13.4. The van der Waals surface area contributed by atoms with Crippen molar-refractivity contribution < 1.29 is 38.8 Å². The minimum Gasteiger partial charge on any atom is -0.494 e. The number of carbonyl (C=O) groups excluding carboxylic acids is 2. The maximum Gasteiger partial charge on any atom is 0.305 e. The zero-order valence-corrected chi connectivity index (χ0v) is 39.1. The zero-order chi connectivity index (χ0) is 50.8. The van der Waals surface area contributed by atoms with Gasteiger partial charge in [-0.15, -0.1) is 46.8 Å². The van der Waals surface area contributed by atoms with Crippen molar-refractivity contribution in [3.8, 4) is 11.5 Å². The topological polar surface area (TPSA) is 305 Å². The second kappa shape index (κ2) is 25.3. The fraction of sp³-hybridized carbons (Fsp3) is 0.190. The van der Waals surface area contributed by atoms with Crippen molar-refractivity contribution >= 4 is 108 Å². The minimum atomic E-state index is -0.853. The van der Waals surface area contributed by atoms with Crippen LogP contribution >= 0.6 is 27.5 Å². The van der Waals surface area contributed by atoms with Crippen molar-refractivity contribution in [2.45, 2.75) is 13.8 Å². The van der Waals surface area contributed by atoms with Crippen LogP contribution < -0.4 is 29.9 Å². The van der Waals surface area contributed by atoms with Crippen molar-refractivity contribution in [2.24, 2.45) is 20.5 Å². The summed E-state index contributed by atoms with van der Waals surface area (Å²) in [5.74, 6) is -0.0139. The number of rotatable bonds is 22. The molecule has 0 bridgehead atoms. The Hall–Kier alpha value is -8.45. The van der Waals surface area contributed by atoms with E-state index in [9.17, 15) is 50.0 Å². The van der Waals surface area contributed by atoms with Gasteiger partial charge < -0.3 is 29.9 Å². The van der Waals surface area contributed by atoms with Crippen LogP contribution in [0.25, 0.3) is 0 Å². The van der Waals surface area contributed by atoms with Gasteiger partial charge in [0.25, 0.3) is 11.4 Å². The third-order valence-corrected chi connectivity index (χ3v) is 9.57. The van der Waals surface area contributed by atoms with Gasteiger partial charge in [-0.25, -0.2) is 0 Å². The van der Waals surface area contributed by atoms with Crippen molar-refractivity contribution in [3.05, 3.63) is 149 Å². The smallest absolute Gasteiger partial charge is 0.305 e. The fourth-order valence-electron chi connectivity index (χ4n) is 5.88. The van der Waals surface area contributed by atoms with Gasteiger partial charge in [0.05, 0.1) is 78.3 Å². The Bertz CT molecular complexity index is 2530. The normalized spacial score (nSPS) is 10.6. The first kappa shape index (κ1) is 53.9. The number of halogens is 2. The highest BCUT2D eigenvalue weighted by molar-refractivity contribution is 9.10. The summed E-state index contributed by atoms with van der Waals surface area (Å²) < 4.78 is 11.0. The molecule has 0 aromatic heterocycles. The number of nitro benzene ring substituents is 4. The first-order valence-electron chi connectivity index (χ1n) is 19.3. The van der Waals surface area contributed by atoms with Crippen LogP contribution in [0, 0.1) is 40.5 Å². The van der Waals surface area contributed by atoms with Crippen LogP contribution in [0.4, 0.5) is 68.2 Å². The zero-order valence-electron chi connectivity index (χ0n) is 36.7. The summed E-state index contributed by atoms with van der Waals surface area (Å²) in [5, 5.41) is 65.9. The Balaban J connectivity index is 0.000000360. The first-order chi connectivity index (χ1) is 32.2. The van der Waals surface area contributed by atoms with E-state index in [1.165, 1.54) is 40.2 Å². The number of hydrogen-bond acceptors (Lipinski definition) is 18. The Labute approximate surface area is 400 Å². The number of amides is 2. The summed E-state index contributed by atoms with van der Waals surface area (Å²) in [6.07, 6.45) is 6.76. The Morgan fingerprint density at radius 2 is 0.985 bits per heavy atom. The van der Waals surface area contributed by atoms with Gasteiger partial charge in [-0.2, -0.15) is 0 Å². The van der Waals surface area contributed by atoms with Crippen LogP contribution in [0.5, 0.6) is 11.5 Å². The fourth-order valence-corrected chi connectivity index (χ4v) is 6.65. The number of nitrogens with one attached hydrogen (secondary N) is 2. The monoisotopic (exact) mass is 1020 g/mol. The molecule has 4 aromatic rings. The number of ether oxygens (including phenoxy) is 2. The Morgan fingerprint density at radius 1 is 0.618 bits per heavy atom. The van der Waals surface area contributed by atoms with E-state index < -0.39 is 48.3 Å². The average molecular weight is 1020 g/mol. The number of anilines is 4. The quantitative estimate of drug-likeness (QED) is 0.0320. The van der Waals surface area contributed by atoms with Crippen LogP contribution in [0.2, 0.25) is 5.02 Å². The molecule has 4 rings (SSSR count). The Morgan fingerprint density at radius 3 is 1.32 bits per heavy atom. The molecule has 356 valence electrons. The highest BCUT2D eigenvalue weighted by Gasteiger charge is 2.26. The molecular formula is C42H42BrClN12O12. The molecule has 0 aliphatic carbocycles. The molecular weight excluding hydrogens is 980 g/mol. The first-order valence-corrected chi connectivity index (χ1v) is 20.4. The molecule has 68 heavy (non-hydrogen) atoms. The maximum atomic E-state index is 11.8. The molecule has 0 saturated heterocycles. The van der Waals surface area contributed by atoms with Crippen LogP contribution in [-0.4, -0.2) is 71.9 Å². The molecule has 0 unspecified atom stereocenters. The Kier molecular flexibility index (Phi) is 20.0. The van der Waals surface area contributed by atoms with E-state index in [0.717, 1.165) is 24.3 Å². The van der Waals surface area contributed by atoms with Gasteiger partial charge in [-0.1, -0.05) is 35.9 Å². The SMILES string of the molecule is C=CCN(CC=C)c1cc(NC(C)=O)c(N=Nc2c(Br)cc([N+](=O)[O-])cc2[N+](=O)[O-])cc1OC.C=CCN(CC=C)c1cc(NC(C)=O)c(N=Nc2c(Cl)cc([N+](=O)[O-])cc2[N+](=O)[O-])cc1OC. The highest BCUT2D eigenvalue weighted by atomic mass is 79.9. The van der Waals surface area contributed by atoms with E-state index in [1.807, 2.05) is 9.80 Å². The van der Waals surface area contributed by atoms with E-state index in [-0.39, 0.29) is 49.5 Å². The van der Waals surface area contributed by atoms with Gasteiger partial charge in [0.15, 0.2) is 11.4 Å². The largest absolute Gasteiger partial charge is 0.494 e. The van der Waals surface area contributed by atoms with E-state index >= 15 is 0 Å². The number of carbonyl (C=O) groups is 2. The van der Waals surface area contributed by atoms with Gasteiger partial charge in [0, 0.05) is 64.3 Å². The molecule has 0 aliphatic heterocycles. The number of azo groups is 2. The van der Waals surface area contributed by atoms with E-state index in [0.29, 0.717) is 49.1 Å². The van der Waals surface area contributed by atoms with E-state index in [1.54, 1.807) is 36.4 Å². The molecule has 2 N–H and O–H groups in total. The number of hydrogen-bond donors (Lipinski definition) is 2.